The van der Waals surface area contributed by atoms with Crippen LogP contribution in [0.2, 0.25) is 0 Å². The first-order valence-electron chi connectivity index (χ1n) is 8.06. The SMILES string of the molecule is COC(=O)[C@H]1CC[C@H](OC[C@@H]2C[C@@H](OS(C)(=O)=O)CN2C)CC1. The van der Waals surface area contributed by atoms with Gasteiger partial charge in [-0.3, -0.25) is 13.9 Å². The largest absolute Gasteiger partial charge is 0.469 e. The van der Waals surface area contributed by atoms with Gasteiger partial charge in [0, 0.05) is 12.6 Å². The van der Waals surface area contributed by atoms with Crippen molar-refractivity contribution in [3.63, 3.8) is 0 Å². The highest BCUT2D eigenvalue weighted by Crippen LogP contribution is 2.28. The lowest BCUT2D eigenvalue weighted by Crippen LogP contribution is -2.33. The van der Waals surface area contributed by atoms with Gasteiger partial charge in [-0.05, 0) is 39.2 Å². The molecule has 8 heteroatoms. The number of carbonyl (C=O) groups is 1. The summed E-state index contributed by atoms with van der Waals surface area (Å²) >= 11 is 0. The molecule has 2 aliphatic rings. The summed E-state index contributed by atoms with van der Waals surface area (Å²) in [4.78, 5) is 13.6. The van der Waals surface area contributed by atoms with Gasteiger partial charge in [0.25, 0.3) is 10.1 Å². The molecule has 2 atom stereocenters. The van der Waals surface area contributed by atoms with Crippen LogP contribution in [-0.4, -0.2) is 71.1 Å². The van der Waals surface area contributed by atoms with Crippen molar-refractivity contribution in [2.24, 2.45) is 5.92 Å². The molecule has 0 N–H and O–H groups in total. The Balaban J connectivity index is 1.71. The lowest BCUT2D eigenvalue weighted by Gasteiger charge is -2.29. The fourth-order valence-electron chi connectivity index (χ4n) is 3.42. The van der Waals surface area contributed by atoms with E-state index < -0.39 is 10.1 Å². The van der Waals surface area contributed by atoms with Crippen molar-refractivity contribution in [3.05, 3.63) is 0 Å². The summed E-state index contributed by atoms with van der Waals surface area (Å²) in [6.45, 7) is 1.16. The molecule has 1 aliphatic heterocycles. The number of nitrogens with zero attached hydrogens (tertiary/aromatic N) is 1. The zero-order chi connectivity index (χ0) is 17.0. The number of hydrogen-bond acceptors (Lipinski definition) is 7. The minimum atomic E-state index is -3.42. The lowest BCUT2D eigenvalue weighted by atomic mass is 9.87. The molecule has 0 aromatic rings. The van der Waals surface area contributed by atoms with Crippen LogP contribution in [0.3, 0.4) is 0 Å². The molecule has 0 amide bonds. The molecule has 1 saturated carbocycles. The van der Waals surface area contributed by atoms with E-state index in [0.717, 1.165) is 31.9 Å². The van der Waals surface area contributed by atoms with Crippen molar-refractivity contribution in [1.82, 2.24) is 4.90 Å². The number of hydrogen-bond donors (Lipinski definition) is 0. The van der Waals surface area contributed by atoms with Crippen LogP contribution in [0.15, 0.2) is 0 Å². The molecule has 1 saturated heterocycles. The van der Waals surface area contributed by atoms with Crippen LogP contribution in [0, 0.1) is 5.92 Å². The Bertz CT molecular complexity index is 500. The second kappa shape index (κ2) is 7.92. The van der Waals surface area contributed by atoms with Crippen LogP contribution in [0.5, 0.6) is 0 Å². The van der Waals surface area contributed by atoms with E-state index in [0.29, 0.717) is 19.6 Å². The average Bonchev–Trinajstić information content (AvgIpc) is 2.82. The Kier molecular flexibility index (Phi) is 6.41. The molecule has 134 valence electrons. The molecule has 0 aromatic heterocycles. The van der Waals surface area contributed by atoms with E-state index in [-0.39, 0.29) is 30.1 Å². The maximum atomic E-state index is 11.5. The predicted octanol–water partition coefficient (Wildman–Crippen LogP) is 0.784. The molecule has 2 fully saturated rings. The predicted molar refractivity (Wildman–Crippen MR) is 84.5 cm³/mol. The van der Waals surface area contributed by atoms with Gasteiger partial charge in [-0.1, -0.05) is 0 Å². The van der Waals surface area contributed by atoms with Gasteiger partial charge in [-0.2, -0.15) is 8.42 Å². The molecule has 0 radical (unpaired) electrons. The molecular weight excluding hydrogens is 322 g/mol. The number of esters is 1. The zero-order valence-electron chi connectivity index (χ0n) is 14.1. The summed E-state index contributed by atoms with van der Waals surface area (Å²) < 4.78 is 38.2. The molecule has 7 nitrogen and oxygen atoms in total. The van der Waals surface area contributed by atoms with Crippen LogP contribution in [0.1, 0.15) is 32.1 Å². The number of rotatable bonds is 6. The first kappa shape index (κ1) is 18.6. The standard InChI is InChI=1S/C15H27NO6S/c1-16-9-14(22-23(3,18)19)8-12(16)10-21-13-6-4-11(5-7-13)15(17)20-2/h11-14H,4-10H2,1-3H3/t11-,12-,13-,14+/m0/s1. The van der Waals surface area contributed by atoms with Gasteiger partial charge >= 0.3 is 5.97 Å². The van der Waals surface area contributed by atoms with Crippen LogP contribution in [0.4, 0.5) is 0 Å². The van der Waals surface area contributed by atoms with Crippen LogP contribution >= 0.6 is 0 Å². The molecule has 0 aromatic carbocycles. The molecule has 1 heterocycles. The quantitative estimate of drug-likeness (QED) is 0.518. The number of carbonyl (C=O) groups excluding carboxylic acids is 1. The van der Waals surface area contributed by atoms with Gasteiger partial charge in [0.2, 0.25) is 0 Å². The van der Waals surface area contributed by atoms with Gasteiger partial charge in [-0.25, -0.2) is 0 Å². The lowest BCUT2D eigenvalue weighted by molar-refractivity contribution is -0.147. The summed E-state index contributed by atoms with van der Waals surface area (Å²) in [6, 6.07) is 0.167. The number of ether oxygens (including phenoxy) is 2. The molecule has 2 rings (SSSR count). The Labute approximate surface area is 138 Å². The summed E-state index contributed by atoms with van der Waals surface area (Å²) in [5.74, 6) is -0.124. The second-order valence-corrected chi connectivity index (χ2v) is 8.18. The first-order chi connectivity index (χ1) is 10.8. The van der Waals surface area contributed by atoms with Gasteiger partial charge in [0.05, 0.1) is 38.1 Å². The topological polar surface area (TPSA) is 82.1 Å². The van der Waals surface area contributed by atoms with E-state index in [1.807, 2.05) is 7.05 Å². The van der Waals surface area contributed by atoms with E-state index in [2.05, 4.69) is 4.90 Å². The van der Waals surface area contributed by atoms with E-state index >= 15 is 0 Å². The zero-order valence-corrected chi connectivity index (χ0v) is 14.9. The molecule has 0 spiro atoms. The van der Waals surface area contributed by atoms with Crippen molar-refractivity contribution in [1.29, 1.82) is 0 Å². The molecular formula is C15H27NO6S. The highest BCUT2D eigenvalue weighted by Gasteiger charge is 2.34. The van der Waals surface area contributed by atoms with Crippen molar-refractivity contribution in [3.8, 4) is 0 Å². The third-order valence-electron chi connectivity index (χ3n) is 4.69. The summed E-state index contributed by atoms with van der Waals surface area (Å²) in [6.07, 6.45) is 4.93. The molecule has 23 heavy (non-hydrogen) atoms. The maximum absolute atomic E-state index is 11.5. The van der Waals surface area contributed by atoms with Gasteiger partial charge < -0.3 is 9.47 Å². The van der Waals surface area contributed by atoms with Crippen molar-refractivity contribution >= 4 is 16.1 Å². The number of likely N-dealkylation sites (N-methyl/N-ethyl adjacent to an activating group) is 1. The van der Waals surface area contributed by atoms with Crippen LogP contribution in [0.25, 0.3) is 0 Å². The van der Waals surface area contributed by atoms with Gasteiger partial charge in [0.1, 0.15) is 0 Å². The maximum Gasteiger partial charge on any atom is 0.308 e. The minimum absolute atomic E-state index is 0.00143. The Hall–Kier alpha value is -0.700. The first-order valence-corrected chi connectivity index (χ1v) is 9.88. The van der Waals surface area contributed by atoms with Gasteiger partial charge in [-0.15, -0.1) is 0 Å². The fraction of sp³-hybridized carbons (Fsp3) is 0.933. The fourth-order valence-corrected chi connectivity index (χ4v) is 4.05. The minimum Gasteiger partial charge on any atom is -0.469 e. The van der Waals surface area contributed by atoms with Gasteiger partial charge in [0.15, 0.2) is 0 Å². The third kappa shape index (κ3) is 5.70. The van der Waals surface area contributed by atoms with E-state index in [9.17, 15) is 13.2 Å². The number of methoxy groups -OCH3 is 1. The highest BCUT2D eigenvalue weighted by atomic mass is 32.2. The average molecular weight is 349 g/mol. The molecule has 1 aliphatic carbocycles. The van der Waals surface area contributed by atoms with E-state index in [1.54, 1.807) is 0 Å². The molecule has 0 bridgehead atoms. The Morgan fingerprint density at radius 3 is 2.39 bits per heavy atom. The second-order valence-electron chi connectivity index (χ2n) is 6.58. The van der Waals surface area contributed by atoms with E-state index in [4.69, 9.17) is 13.7 Å². The highest BCUT2D eigenvalue weighted by molar-refractivity contribution is 7.86. The smallest absolute Gasteiger partial charge is 0.308 e. The van der Waals surface area contributed by atoms with Crippen LogP contribution < -0.4 is 0 Å². The summed E-state index contributed by atoms with van der Waals surface area (Å²) in [5, 5.41) is 0. The number of likely N-dealkylation sites (tertiary alicyclic amines) is 1. The Morgan fingerprint density at radius 1 is 1.17 bits per heavy atom. The molecule has 0 unspecified atom stereocenters. The van der Waals surface area contributed by atoms with Crippen LogP contribution in [-0.2, 0) is 28.6 Å². The monoisotopic (exact) mass is 349 g/mol. The van der Waals surface area contributed by atoms with Crippen molar-refractivity contribution in [2.45, 2.75) is 50.4 Å². The normalized spacial score (nSPS) is 32.8. The van der Waals surface area contributed by atoms with Crippen molar-refractivity contribution in [2.75, 3.05) is 33.6 Å². The Morgan fingerprint density at radius 2 is 1.83 bits per heavy atom. The van der Waals surface area contributed by atoms with Crippen molar-refractivity contribution < 1.29 is 26.9 Å². The third-order valence-corrected chi connectivity index (χ3v) is 5.32. The summed E-state index contributed by atoms with van der Waals surface area (Å²) in [5.41, 5.74) is 0. The van der Waals surface area contributed by atoms with E-state index in [1.165, 1.54) is 7.11 Å². The summed E-state index contributed by atoms with van der Waals surface area (Å²) in [7, 11) is -0.0393.